The minimum atomic E-state index is -0.173. The van der Waals surface area contributed by atoms with Gasteiger partial charge < -0.3 is 5.32 Å². The maximum atomic E-state index is 12.4. The van der Waals surface area contributed by atoms with Crippen LogP contribution in [0.25, 0.3) is 11.1 Å². The van der Waals surface area contributed by atoms with E-state index in [-0.39, 0.29) is 17.7 Å². The van der Waals surface area contributed by atoms with E-state index in [1.807, 2.05) is 31.2 Å². The highest BCUT2D eigenvalue weighted by Crippen LogP contribution is 2.21. The first-order chi connectivity index (χ1) is 12.5. The number of aromatic nitrogens is 2. The van der Waals surface area contributed by atoms with E-state index in [0.717, 1.165) is 16.7 Å². The van der Waals surface area contributed by atoms with Crippen molar-refractivity contribution >= 4 is 11.7 Å². The summed E-state index contributed by atoms with van der Waals surface area (Å²) < 4.78 is 0. The SMILES string of the molecule is CC(=O)c1ccc(C(=O)N[C@H](C)c2ccc(-c3cncnc3)cc2)cc1. The molecule has 26 heavy (non-hydrogen) atoms. The molecule has 5 nitrogen and oxygen atoms in total. The van der Waals surface area contributed by atoms with Crippen molar-refractivity contribution in [1.82, 2.24) is 15.3 Å². The maximum Gasteiger partial charge on any atom is 0.251 e. The van der Waals surface area contributed by atoms with Crippen LogP contribution in [0.2, 0.25) is 0 Å². The van der Waals surface area contributed by atoms with Crippen molar-refractivity contribution < 1.29 is 9.59 Å². The minimum Gasteiger partial charge on any atom is -0.346 e. The van der Waals surface area contributed by atoms with Crippen LogP contribution in [0.5, 0.6) is 0 Å². The quantitative estimate of drug-likeness (QED) is 0.713. The van der Waals surface area contributed by atoms with E-state index in [0.29, 0.717) is 11.1 Å². The average molecular weight is 345 g/mol. The highest BCUT2D eigenvalue weighted by molar-refractivity contribution is 5.97. The van der Waals surface area contributed by atoms with Gasteiger partial charge in [0.05, 0.1) is 6.04 Å². The van der Waals surface area contributed by atoms with E-state index in [1.54, 1.807) is 36.7 Å². The Morgan fingerprint density at radius 1 is 0.846 bits per heavy atom. The van der Waals surface area contributed by atoms with Crippen LogP contribution in [0.1, 0.15) is 46.2 Å². The summed E-state index contributed by atoms with van der Waals surface area (Å²) in [5, 5.41) is 2.97. The summed E-state index contributed by atoms with van der Waals surface area (Å²) in [6.07, 6.45) is 5.02. The number of nitrogens with zero attached hydrogens (tertiary/aromatic N) is 2. The first-order valence-corrected chi connectivity index (χ1v) is 8.32. The molecule has 0 aliphatic carbocycles. The number of hydrogen-bond acceptors (Lipinski definition) is 4. The summed E-state index contributed by atoms with van der Waals surface area (Å²) in [5.41, 5.74) is 4.09. The molecular weight excluding hydrogens is 326 g/mol. The zero-order valence-electron chi connectivity index (χ0n) is 14.6. The molecule has 3 rings (SSSR count). The highest BCUT2D eigenvalue weighted by atomic mass is 16.1. The zero-order chi connectivity index (χ0) is 18.5. The van der Waals surface area contributed by atoms with Crippen LogP contribution in [-0.2, 0) is 0 Å². The molecule has 2 aromatic carbocycles. The van der Waals surface area contributed by atoms with Crippen molar-refractivity contribution in [2.24, 2.45) is 0 Å². The average Bonchev–Trinajstić information content (AvgIpc) is 2.68. The molecule has 130 valence electrons. The van der Waals surface area contributed by atoms with Crippen LogP contribution in [0, 0.1) is 0 Å². The Kier molecular flexibility index (Phi) is 5.17. The molecule has 0 radical (unpaired) electrons. The van der Waals surface area contributed by atoms with Crippen molar-refractivity contribution in [3.63, 3.8) is 0 Å². The molecule has 0 aliphatic heterocycles. The summed E-state index contributed by atoms with van der Waals surface area (Å²) in [5.74, 6) is -0.192. The molecule has 0 bridgehead atoms. The first kappa shape index (κ1) is 17.5. The van der Waals surface area contributed by atoms with Gasteiger partial charge in [-0.1, -0.05) is 36.4 Å². The third kappa shape index (κ3) is 4.00. The van der Waals surface area contributed by atoms with Gasteiger partial charge in [0, 0.05) is 29.1 Å². The van der Waals surface area contributed by atoms with Crippen LogP contribution in [0.15, 0.2) is 67.3 Å². The Balaban J connectivity index is 1.68. The van der Waals surface area contributed by atoms with Crippen LogP contribution < -0.4 is 5.32 Å². The third-order valence-electron chi connectivity index (χ3n) is 4.21. The number of benzene rings is 2. The van der Waals surface area contributed by atoms with Crippen molar-refractivity contribution in [1.29, 1.82) is 0 Å². The number of hydrogen-bond donors (Lipinski definition) is 1. The summed E-state index contributed by atoms with van der Waals surface area (Å²) in [7, 11) is 0. The van der Waals surface area contributed by atoms with Crippen molar-refractivity contribution in [2.45, 2.75) is 19.9 Å². The van der Waals surface area contributed by atoms with Gasteiger partial charge in [-0.15, -0.1) is 0 Å². The maximum absolute atomic E-state index is 12.4. The van der Waals surface area contributed by atoms with Gasteiger partial charge in [-0.05, 0) is 37.1 Å². The number of nitrogens with one attached hydrogen (secondary N) is 1. The molecule has 1 N–H and O–H groups in total. The lowest BCUT2D eigenvalue weighted by molar-refractivity contribution is 0.0938. The van der Waals surface area contributed by atoms with Crippen LogP contribution in [0.4, 0.5) is 0 Å². The third-order valence-corrected chi connectivity index (χ3v) is 4.21. The minimum absolute atomic E-state index is 0.0192. The molecular formula is C21H19N3O2. The largest absolute Gasteiger partial charge is 0.346 e. The molecule has 0 unspecified atom stereocenters. The Labute approximate surface area is 152 Å². The molecule has 1 heterocycles. The summed E-state index contributed by atoms with van der Waals surface area (Å²) >= 11 is 0. The van der Waals surface area contributed by atoms with Gasteiger partial charge in [-0.25, -0.2) is 9.97 Å². The van der Waals surface area contributed by atoms with E-state index in [9.17, 15) is 9.59 Å². The van der Waals surface area contributed by atoms with Crippen LogP contribution in [-0.4, -0.2) is 21.7 Å². The molecule has 0 spiro atoms. The van der Waals surface area contributed by atoms with Gasteiger partial charge in [0.2, 0.25) is 0 Å². The lowest BCUT2D eigenvalue weighted by atomic mass is 10.0. The van der Waals surface area contributed by atoms with Gasteiger partial charge in [0.25, 0.3) is 5.91 Å². The molecule has 3 aromatic rings. The summed E-state index contributed by atoms with van der Waals surface area (Å²) in [6.45, 7) is 3.44. The van der Waals surface area contributed by atoms with Gasteiger partial charge in [-0.3, -0.25) is 9.59 Å². The fraction of sp³-hybridized carbons (Fsp3) is 0.143. The molecule has 0 fully saturated rings. The Morgan fingerprint density at radius 3 is 2.00 bits per heavy atom. The lowest BCUT2D eigenvalue weighted by Crippen LogP contribution is -2.26. The number of rotatable bonds is 5. The van der Waals surface area contributed by atoms with Gasteiger partial charge >= 0.3 is 0 Å². The Morgan fingerprint density at radius 2 is 1.42 bits per heavy atom. The Bertz CT molecular complexity index is 904. The fourth-order valence-electron chi connectivity index (χ4n) is 2.63. The number of amides is 1. The molecule has 0 saturated heterocycles. The number of Topliss-reactive ketones (excluding diaryl/α,β-unsaturated/α-hetero) is 1. The van der Waals surface area contributed by atoms with Gasteiger partial charge in [0.1, 0.15) is 6.33 Å². The van der Waals surface area contributed by atoms with Crippen LogP contribution >= 0.6 is 0 Å². The standard InChI is InChI=1S/C21H19N3O2/c1-14(24-21(26)19-9-5-17(6-10-19)15(2)25)16-3-7-18(8-4-16)20-11-22-13-23-12-20/h3-14H,1-2H3,(H,24,26)/t14-/m1/s1. The second kappa shape index (κ2) is 7.70. The lowest BCUT2D eigenvalue weighted by Gasteiger charge is -2.15. The second-order valence-electron chi connectivity index (χ2n) is 6.08. The van der Waals surface area contributed by atoms with Crippen molar-refractivity contribution in [3.8, 4) is 11.1 Å². The first-order valence-electron chi connectivity index (χ1n) is 8.32. The molecule has 1 aromatic heterocycles. The van der Waals surface area contributed by atoms with Gasteiger partial charge in [0.15, 0.2) is 5.78 Å². The molecule has 1 amide bonds. The van der Waals surface area contributed by atoms with Gasteiger partial charge in [-0.2, -0.15) is 0 Å². The topological polar surface area (TPSA) is 72.0 Å². The van der Waals surface area contributed by atoms with E-state index in [1.165, 1.54) is 13.3 Å². The summed E-state index contributed by atoms with van der Waals surface area (Å²) in [6, 6.07) is 14.4. The normalized spacial score (nSPS) is 11.6. The van der Waals surface area contributed by atoms with E-state index < -0.39 is 0 Å². The number of carbonyl (C=O) groups is 2. The van der Waals surface area contributed by atoms with Crippen molar-refractivity contribution in [2.75, 3.05) is 0 Å². The molecule has 5 heteroatoms. The van der Waals surface area contributed by atoms with E-state index in [2.05, 4.69) is 15.3 Å². The molecule has 0 aliphatic rings. The summed E-state index contributed by atoms with van der Waals surface area (Å²) in [4.78, 5) is 31.7. The highest BCUT2D eigenvalue weighted by Gasteiger charge is 2.12. The predicted octanol–water partition coefficient (Wildman–Crippen LogP) is 3.84. The Hall–Kier alpha value is -3.34. The van der Waals surface area contributed by atoms with Crippen LogP contribution in [0.3, 0.4) is 0 Å². The van der Waals surface area contributed by atoms with E-state index in [4.69, 9.17) is 0 Å². The van der Waals surface area contributed by atoms with E-state index >= 15 is 0 Å². The zero-order valence-corrected chi connectivity index (χ0v) is 14.6. The number of carbonyl (C=O) groups excluding carboxylic acids is 2. The smallest absolute Gasteiger partial charge is 0.251 e. The predicted molar refractivity (Wildman–Crippen MR) is 99.8 cm³/mol. The second-order valence-corrected chi connectivity index (χ2v) is 6.08. The monoisotopic (exact) mass is 345 g/mol. The molecule has 1 atom stereocenters. The van der Waals surface area contributed by atoms with Crippen molar-refractivity contribution in [3.05, 3.63) is 83.9 Å². The molecule has 0 saturated carbocycles. The number of ketones is 1. The fourth-order valence-corrected chi connectivity index (χ4v) is 2.63.